The molecule has 100 valence electrons. The third kappa shape index (κ3) is 4.02. The molecule has 3 heteroatoms. The fourth-order valence-electron chi connectivity index (χ4n) is 1.77. The van der Waals surface area contributed by atoms with Gasteiger partial charge in [-0.3, -0.25) is 4.79 Å². The third-order valence-corrected chi connectivity index (χ3v) is 2.95. The Labute approximate surface area is 115 Å². The van der Waals surface area contributed by atoms with E-state index in [0.29, 0.717) is 16.5 Å². The molecule has 2 nitrogen and oxygen atoms in total. The predicted molar refractivity (Wildman–Crippen MR) is 77.1 cm³/mol. The van der Waals surface area contributed by atoms with Gasteiger partial charge in [-0.05, 0) is 51.0 Å². The lowest BCUT2D eigenvalue weighted by atomic mass is 10.0. The van der Waals surface area contributed by atoms with E-state index in [-0.39, 0.29) is 11.4 Å². The van der Waals surface area contributed by atoms with Crippen LogP contribution in [-0.4, -0.2) is 22.9 Å². The van der Waals surface area contributed by atoms with E-state index >= 15 is 0 Å². The minimum absolute atomic E-state index is 0.0628. The number of benzene rings is 1. The number of carbonyl (C=O) groups excluding carboxylic acids is 1. The molecule has 0 bridgehead atoms. The minimum atomic E-state index is -0.180. The largest absolute Gasteiger partial charge is 0.334 e. The molecule has 0 N–H and O–H groups in total. The van der Waals surface area contributed by atoms with Crippen molar-refractivity contribution >= 4 is 17.5 Å². The van der Waals surface area contributed by atoms with Gasteiger partial charge in [-0.25, -0.2) is 0 Å². The van der Waals surface area contributed by atoms with E-state index in [9.17, 15) is 4.79 Å². The van der Waals surface area contributed by atoms with Crippen molar-refractivity contribution in [3.8, 4) is 0 Å². The Bertz CT molecular complexity index is 403. The lowest BCUT2D eigenvalue weighted by Gasteiger charge is -2.37. The molecule has 0 radical (unpaired) electrons. The molecule has 1 rings (SSSR count). The van der Waals surface area contributed by atoms with Gasteiger partial charge in [0, 0.05) is 22.7 Å². The number of rotatable bonds is 3. The molecule has 0 aliphatic rings. The van der Waals surface area contributed by atoms with E-state index in [4.69, 9.17) is 11.6 Å². The van der Waals surface area contributed by atoms with E-state index in [0.717, 1.165) is 6.54 Å². The molecule has 1 aromatic carbocycles. The van der Waals surface area contributed by atoms with Crippen molar-refractivity contribution in [2.45, 2.75) is 40.2 Å². The van der Waals surface area contributed by atoms with Crippen LogP contribution >= 0.6 is 11.6 Å². The van der Waals surface area contributed by atoms with Gasteiger partial charge in [0.25, 0.3) is 5.91 Å². The van der Waals surface area contributed by atoms with Gasteiger partial charge in [0.15, 0.2) is 0 Å². The summed E-state index contributed by atoms with van der Waals surface area (Å²) in [5, 5.41) is 0.651. The zero-order valence-corrected chi connectivity index (χ0v) is 12.6. The van der Waals surface area contributed by atoms with Crippen LogP contribution in [0, 0.1) is 5.92 Å². The maximum Gasteiger partial charge on any atom is 0.254 e. The Morgan fingerprint density at radius 2 is 1.72 bits per heavy atom. The summed E-state index contributed by atoms with van der Waals surface area (Å²) in [4.78, 5) is 14.4. The van der Waals surface area contributed by atoms with Crippen LogP contribution < -0.4 is 0 Å². The summed E-state index contributed by atoms with van der Waals surface area (Å²) in [5.74, 6) is 0.508. The van der Waals surface area contributed by atoms with Crippen LogP contribution in [0.1, 0.15) is 45.0 Å². The predicted octanol–water partition coefficient (Wildman–Crippen LogP) is 4.24. The molecule has 0 unspecified atom stereocenters. The smallest absolute Gasteiger partial charge is 0.254 e. The molecule has 1 amide bonds. The molecular formula is C15H22ClNO. The standard InChI is InChI=1S/C15H22ClNO/c1-11(2)10-17(15(3,4)5)14(18)12-6-8-13(16)9-7-12/h6-9,11H,10H2,1-5H3. The maximum atomic E-state index is 12.5. The highest BCUT2D eigenvalue weighted by Gasteiger charge is 2.27. The SMILES string of the molecule is CC(C)CN(C(=O)c1ccc(Cl)cc1)C(C)(C)C. The van der Waals surface area contributed by atoms with Crippen molar-refractivity contribution in [2.24, 2.45) is 5.92 Å². The first-order valence-corrected chi connectivity index (χ1v) is 6.67. The molecule has 1 aromatic rings. The molecule has 0 atom stereocenters. The van der Waals surface area contributed by atoms with Crippen molar-refractivity contribution in [2.75, 3.05) is 6.54 Å². The summed E-state index contributed by atoms with van der Waals surface area (Å²) in [6.45, 7) is 11.2. The number of halogens is 1. The second-order valence-corrected chi connectivity index (χ2v) is 6.42. The van der Waals surface area contributed by atoms with Gasteiger partial charge in [0.1, 0.15) is 0 Å². The maximum absolute atomic E-state index is 12.5. The molecule has 0 saturated heterocycles. The lowest BCUT2D eigenvalue weighted by Crippen LogP contribution is -2.47. The van der Waals surface area contributed by atoms with E-state index in [2.05, 4.69) is 34.6 Å². The Kier molecular flexibility index (Phi) is 4.80. The average Bonchev–Trinajstić information content (AvgIpc) is 2.24. The van der Waals surface area contributed by atoms with Crippen LogP contribution in [0.25, 0.3) is 0 Å². The van der Waals surface area contributed by atoms with Crippen molar-refractivity contribution < 1.29 is 4.79 Å². The van der Waals surface area contributed by atoms with Gasteiger partial charge in [0.2, 0.25) is 0 Å². The molecule has 0 fully saturated rings. The van der Waals surface area contributed by atoms with Gasteiger partial charge < -0.3 is 4.90 Å². The molecule has 0 aliphatic heterocycles. The Morgan fingerprint density at radius 3 is 2.11 bits per heavy atom. The number of carbonyl (C=O) groups is 1. The monoisotopic (exact) mass is 267 g/mol. The van der Waals surface area contributed by atoms with Crippen LogP contribution in [0.5, 0.6) is 0 Å². The van der Waals surface area contributed by atoms with Gasteiger partial charge in [0.05, 0.1) is 0 Å². The summed E-state index contributed by atoms with van der Waals surface area (Å²) >= 11 is 5.85. The fraction of sp³-hybridized carbons (Fsp3) is 0.533. The first kappa shape index (κ1) is 15.0. The fourth-order valence-corrected chi connectivity index (χ4v) is 1.90. The second-order valence-electron chi connectivity index (χ2n) is 5.99. The molecule has 0 saturated carbocycles. The average molecular weight is 268 g/mol. The van der Waals surface area contributed by atoms with E-state index in [1.165, 1.54) is 0 Å². The van der Waals surface area contributed by atoms with Crippen LogP contribution in [-0.2, 0) is 0 Å². The van der Waals surface area contributed by atoms with Crippen molar-refractivity contribution in [3.63, 3.8) is 0 Å². The zero-order chi connectivity index (χ0) is 13.9. The van der Waals surface area contributed by atoms with Crippen molar-refractivity contribution in [1.82, 2.24) is 4.90 Å². The Morgan fingerprint density at radius 1 is 1.22 bits per heavy atom. The molecule has 0 spiro atoms. The van der Waals surface area contributed by atoms with Crippen molar-refractivity contribution in [1.29, 1.82) is 0 Å². The van der Waals surface area contributed by atoms with Gasteiger partial charge in [-0.2, -0.15) is 0 Å². The Hall–Kier alpha value is -1.02. The molecular weight excluding hydrogens is 246 g/mol. The van der Waals surface area contributed by atoms with Gasteiger partial charge in [-0.15, -0.1) is 0 Å². The first-order chi connectivity index (χ1) is 8.21. The van der Waals surface area contributed by atoms with Crippen molar-refractivity contribution in [3.05, 3.63) is 34.9 Å². The highest BCUT2D eigenvalue weighted by atomic mass is 35.5. The summed E-state index contributed by atoms with van der Waals surface area (Å²) < 4.78 is 0. The summed E-state index contributed by atoms with van der Waals surface area (Å²) in [6, 6.07) is 7.07. The summed E-state index contributed by atoms with van der Waals surface area (Å²) in [7, 11) is 0. The molecule has 0 aliphatic carbocycles. The number of hydrogen-bond acceptors (Lipinski definition) is 1. The van der Waals surface area contributed by atoms with Crippen LogP contribution in [0.3, 0.4) is 0 Å². The zero-order valence-electron chi connectivity index (χ0n) is 11.8. The first-order valence-electron chi connectivity index (χ1n) is 6.29. The van der Waals surface area contributed by atoms with Crippen LogP contribution in [0.4, 0.5) is 0 Å². The normalized spacial score (nSPS) is 11.7. The Balaban J connectivity index is 2.99. The van der Waals surface area contributed by atoms with Gasteiger partial charge >= 0.3 is 0 Å². The highest BCUT2D eigenvalue weighted by molar-refractivity contribution is 6.30. The molecule has 0 aromatic heterocycles. The highest BCUT2D eigenvalue weighted by Crippen LogP contribution is 2.20. The van der Waals surface area contributed by atoms with Gasteiger partial charge in [-0.1, -0.05) is 25.4 Å². The topological polar surface area (TPSA) is 20.3 Å². The third-order valence-electron chi connectivity index (χ3n) is 2.69. The van der Waals surface area contributed by atoms with Crippen LogP contribution in [0.15, 0.2) is 24.3 Å². The van der Waals surface area contributed by atoms with E-state index < -0.39 is 0 Å². The quantitative estimate of drug-likeness (QED) is 0.802. The van der Waals surface area contributed by atoms with E-state index in [1.807, 2.05) is 4.90 Å². The summed E-state index contributed by atoms with van der Waals surface area (Å²) in [5.41, 5.74) is 0.510. The second kappa shape index (κ2) is 5.75. The molecule has 0 heterocycles. The summed E-state index contributed by atoms with van der Waals surface area (Å²) in [6.07, 6.45) is 0. The molecule has 18 heavy (non-hydrogen) atoms. The number of hydrogen-bond donors (Lipinski definition) is 0. The van der Waals surface area contributed by atoms with Crippen LogP contribution in [0.2, 0.25) is 5.02 Å². The minimum Gasteiger partial charge on any atom is -0.334 e. The van der Waals surface area contributed by atoms with E-state index in [1.54, 1.807) is 24.3 Å². The lowest BCUT2D eigenvalue weighted by molar-refractivity contribution is 0.0548. The number of nitrogens with zero attached hydrogens (tertiary/aromatic N) is 1. The number of amides is 1.